The Morgan fingerprint density at radius 2 is 1.93 bits per heavy atom. The van der Waals surface area contributed by atoms with Gasteiger partial charge in [0.25, 0.3) is 0 Å². The van der Waals surface area contributed by atoms with Gasteiger partial charge in [0.15, 0.2) is 0 Å². The van der Waals surface area contributed by atoms with Gasteiger partial charge >= 0.3 is 6.03 Å². The monoisotopic (exact) mass is 589 g/mol. The van der Waals surface area contributed by atoms with Crippen molar-refractivity contribution in [2.24, 2.45) is 5.92 Å². The van der Waals surface area contributed by atoms with Crippen molar-refractivity contribution in [3.8, 4) is 0 Å². The predicted octanol–water partition coefficient (Wildman–Crippen LogP) is 6.60. The average Bonchev–Trinajstić information content (AvgIpc) is 3.38. The van der Waals surface area contributed by atoms with Gasteiger partial charge in [0.1, 0.15) is 6.04 Å². The number of aromatic nitrogens is 1. The molecule has 1 aromatic heterocycles. The summed E-state index contributed by atoms with van der Waals surface area (Å²) < 4.78 is 0. The van der Waals surface area contributed by atoms with Crippen LogP contribution in [0.15, 0.2) is 77.8 Å². The summed E-state index contributed by atoms with van der Waals surface area (Å²) in [5.74, 6) is -0.234. The number of urea groups is 1. The Kier molecular flexibility index (Phi) is 8.92. The van der Waals surface area contributed by atoms with E-state index >= 15 is 0 Å². The van der Waals surface area contributed by atoms with E-state index in [1.54, 1.807) is 11.8 Å². The number of carbonyl (C=O) groups excluding carboxylic acids is 2. The van der Waals surface area contributed by atoms with E-state index in [2.05, 4.69) is 20.5 Å². The molecule has 0 spiro atoms. The number of aromatic amines is 1. The normalized spacial score (nSPS) is 16.3. The molecular weight excluding hydrogens is 554 g/mol. The van der Waals surface area contributed by atoms with E-state index in [-0.39, 0.29) is 17.7 Å². The number of rotatable bonds is 8. The lowest BCUT2D eigenvalue weighted by Gasteiger charge is -2.38. The topological polar surface area (TPSA) is 80.5 Å². The fraction of sp³-hybridized carbons (Fsp3) is 0.312. The largest absolute Gasteiger partial charge is 0.361 e. The second kappa shape index (κ2) is 12.6. The summed E-state index contributed by atoms with van der Waals surface area (Å²) in [4.78, 5) is 36.3. The zero-order valence-corrected chi connectivity index (χ0v) is 25.4. The van der Waals surface area contributed by atoms with Gasteiger partial charge in [0.05, 0.1) is 0 Å². The first kappa shape index (κ1) is 29.0. The molecule has 5 rings (SSSR count). The highest BCUT2D eigenvalue weighted by Crippen LogP contribution is 2.35. The number of nitrogens with zero attached hydrogens (tertiary/aromatic N) is 2. The molecule has 214 valence electrons. The highest BCUT2D eigenvalue weighted by Gasteiger charge is 2.37. The molecule has 3 aromatic carbocycles. The molecule has 2 heterocycles. The SMILES string of the molecule is CSc1cccc(NC(=O)NC(C(=O)N2C[C@@H](CN(C)C)Cc3cc(Cl)ccc32)C(C)c2c[nH]c3ccccc23)c1. The van der Waals surface area contributed by atoms with Crippen LogP contribution in [0.2, 0.25) is 5.02 Å². The van der Waals surface area contributed by atoms with Crippen molar-refractivity contribution in [2.45, 2.75) is 30.2 Å². The highest BCUT2D eigenvalue weighted by molar-refractivity contribution is 7.98. The molecule has 1 aliphatic heterocycles. The van der Waals surface area contributed by atoms with E-state index in [9.17, 15) is 9.59 Å². The maximum Gasteiger partial charge on any atom is 0.319 e. The van der Waals surface area contributed by atoms with Crippen LogP contribution < -0.4 is 15.5 Å². The van der Waals surface area contributed by atoms with Crippen LogP contribution in [0.25, 0.3) is 10.9 Å². The molecule has 0 fully saturated rings. The van der Waals surface area contributed by atoms with E-state index in [1.165, 1.54) is 0 Å². The lowest BCUT2D eigenvalue weighted by molar-refractivity contribution is -0.121. The summed E-state index contributed by atoms with van der Waals surface area (Å²) in [6.45, 7) is 3.39. The Morgan fingerprint density at radius 1 is 1.12 bits per heavy atom. The number of hydrogen-bond acceptors (Lipinski definition) is 4. The highest BCUT2D eigenvalue weighted by atomic mass is 35.5. The molecule has 3 atom stereocenters. The molecule has 1 aliphatic rings. The van der Waals surface area contributed by atoms with E-state index in [1.807, 2.05) is 105 Å². The van der Waals surface area contributed by atoms with E-state index in [4.69, 9.17) is 11.6 Å². The minimum absolute atomic E-state index is 0.150. The molecule has 41 heavy (non-hydrogen) atoms. The summed E-state index contributed by atoms with van der Waals surface area (Å²) in [5.41, 5.74) is 4.52. The van der Waals surface area contributed by atoms with Crippen LogP contribution in [0.5, 0.6) is 0 Å². The third-order valence-corrected chi connectivity index (χ3v) is 8.62. The van der Waals surface area contributed by atoms with E-state index < -0.39 is 12.1 Å². The van der Waals surface area contributed by atoms with Crippen LogP contribution in [-0.2, 0) is 11.2 Å². The van der Waals surface area contributed by atoms with Gasteiger partial charge in [-0.3, -0.25) is 4.79 Å². The van der Waals surface area contributed by atoms with Crippen molar-refractivity contribution in [1.29, 1.82) is 0 Å². The number of H-pyrrole nitrogens is 1. The third-order valence-electron chi connectivity index (χ3n) is 7.66. The molecule has 7 nitrogen and oxygen atoms in total. The van der Waals surface area contributed by atoms with Crippen LogP contribution in [0.3, 0.4) is 0 Å². The number of halogens is 1. The van der Waals surface area contributed by atoms with Crippen LogP contribution >= 0.6 is 23.4 Å². The van der Waals surface area contributed by atoms with Gasteiger partial charge in [0, 0.05) is 57.4 Å². The second-order valence-electron chi connectivity index (χ2n) is 10.9. The number of carbonyl (C=O) groups is 2. The lowest BCUT2D eigenvalue weighted by Crippen LogP contribution is -2.54. The van der Waals surface area contributed by atoms with Crippen molar-refractivity contribution in [2.75, 3.05) is 43.7 Å². The number of amides is 3. The summed E-state index contributed by atoms with van der Waals surface area (Å²) in [5, 5.41) is 7.67. The molecule has 0 bridgehead atoms. The molecular formula is C32H36ClN5O2S. The van der Waals surface area contributed by atoms with Crippen molar-refractivity contribution >= 4 is 57.6 Å². The Hall–Kier alpha value is -3.46. The maximum absolute atomic E-state index is 14.6. The molecule has 3 N–H and O–H groups in total. The van der Waals surface area contributed by atoms with Gasteiger partial charge in [-0.25, -0.2) is 4.79 Å². The van der Waals surface area contributed by atoms with Crippen molar-refractivity contribution in [3.05, 3.63) is 89.1 Å². The molecule has 9 heteroatoms. The summed E-state index contributed by atoms with van der Waals surface area (Å²) in [6.07, 6.45) is 4.76. The van der Waals surface area contributed by atoms with Crippen molar-refractivity contribution < 1.29 is 9.59 Å². The molecule has 4 aromatic rings. The number of hydrogen-bond donors (Lipinski definition) is 3. The zero-order valence-electron chi connectivity index (χ0n) is 23.8. The molecule has 0 aliphatic carbocycles. The summed E-state index contributed by atoms with van der Waals surface area (Å²) in [6, 6.07) is 20.1. The Bertz CT molecular complexity index is 1550. The quantitative estimate of drug-likeness (QED) is 0.202. The maximum atomic E-state index is 14.6. The zero-order chi connectivity index (χ0) is 29.1. The fourth-order valence-electron chi connectivity index (χ4n) is 5.79. The first-order chi connectivity index (χ1) is 19.7. The predicted molar refractivity (Wildman–Crippen MR) is 170 cm³/mol. The number of para-hydroxylation sites is 1. The average molecular weight is 590 g/mol. The summed E-state index contributed by atoms with van der Waals surface area (Å²) in [7, 11) is 4.08. The van der Waals surface area contributed by atoms with Crippen molar-refractivity contribution in [1.82, 2.24) is 15.2 Å². The smallest absolute Gasteiger partial charge is 0.319 e. The number of nitrogens with one attached hydrogen (secondary N) is 3. The van der Waals surface area contributed by atoms with Crippen LogP contribution in [0, 0.1) is 5.92 Å². The molecule has 2 unspecified atom stereocenters. The second-order valence-corrected chi connectivity index (χ2v) is 12.3. The van der Waals surface area contributed by atoms with Gasteiger partial charge in [0.2, 0.25) is 5.91 Å². The minimum atomic E-state index is -0.820. The lowest BCUT2D eigenvalue weighted by atomic mass is 9.88. The fourth-order valence-corrected chi connectivity index (χ4v) is 6.44. The number of benzene rings is 3. The van der Waals surface area contributed by atoms with E-state index in [0.29, 0.717) is 17.3 Å². The number of thioether (sulfide) groups is 1. The van der Waals surface area contributed by atoms with Gasteiger partial charge in [-0.1, -0.05) is 42.8 Å². The number of fused-ring (bicyclic) bond motifs is 2. The van der Waals surface area contributed by atoms with Gasteiger partial charge in [-0.2, -0.15) is 0 Å². The third kappa shape index (κ3) is 6.56. The van der Waals surface area contributed by atoms with Gasteiger partial charge in [-0.05, 0) is 86.3 Å². The standard InChI is InChI=1S/C32H36ClN5O2S/c1-20(27-17-34-28-11-6-5-10-26(27)28)30(36-32(40)35-24-8-7-9-25(16-24)41-4)31(39)38-19-21(18-37(2)3)14-22-15-23(33)12-13-29(22)38/h5-13,15-17,20-21,30,34H,14,18-19H2,1-4H3,(H2,35,36,40)/t20?,21-,30?/m1/s1. The molecule has 0 saturated heterocycles. The van der Waals surface area contributed by atoms with E-state index in [0.717, 1.165) is 45.6 Å². The Labute approximate surface area is 250 Å². The minimum Gasteiger partial charge on any atom is -0.361 e. The molecule has 0 saturated carbocycles. The Balaban J connectivity index is 1.50. The van der Waals surface area contributed by atoms with Gasteiger partial charge < -0.3 is 25.4 Å². The molecule has 0 radical (unpaired) electrons. The van der Waals surface area contributed by atoms with Gasteiger partial charge in [-0.15, -0.1) is 11.8 Å². The summed E-state index contributed by atoms with van der Waals surface area (Å²) >= 11 is 7.98. The molecule has 3 amide bonds. The Morgan fingerprint density at radius 3 is 2.71 bits per heavy atom. The number of anilines is 2. The first-order valence-corrected chi connectivity index (χ1v) is 15.4. The van der Waals surface area contributed by atoms with Crippen LogP contribution in [0.4, 0.5) is 16.2 Å². The first-order valence-electron chi connectivity index (χ1n) is 13.8. The van der Waals surface area contributed by atoms with Crippen LogP contribution in [0.1, 0.15) is 24.0 Å². The van der Waals surface area contributed by atoms with Crippen molar-refractivity contribution in [3.63, 3.8) is 0 Å². The van der Waals surface area contributed by atoms with Crippen LogP contribution in [-0.4, -0.2) is 61.3 Å².